The molecule has 0 aromatic rings. The standard InChI is InChI=1S/C8H14N2O2S2/c11-7(8(12)1-2-8)9-3-5-10(14-13)6-4-9/h12-13H,1-6H2. The lowest BCUT2D eigenvalue weighted by Gasteiger charge is -2.33. The molecular weight excluding hydrogens is 220 g/mol. The largest absolute Gasteiger partial charge is 0.380 e. The summed E-state index contributed by atoms with van der Waals surface area (Å²) in [6.45, 7) is 3.06. The first-order chi connectivity index (χ1) is 6.65. The van der Waals surface area contributed by atoms with Gasteiger partial charge in [0.1, 0.15) is 5.60 Å². The van der Waals surface area contributed by atoms with Gasteiger partial charge in [-0.1, -0.05) is 11.7 Å². The van der Waals surface area contributed by atoms with E-state index in [0.717, 1.165) is 13.1 Å². The van der Waals surface area contributed by atoms with E-state index in [0.29, 0.717) is 25.9 Å². The maximum atomic E-state index is 11.7. The van der Waals surface area contributed by atoms with Gasteiger partial charge in [0.05, 0.1) is 0 Å². The molecule has 1 aliphatic heterocycles. The van der Waals surface area contributed by atoms with Crippen LogP contribution in [0.4, 0.5) is 0 Å². The summed E-state index contributed by atoms with van der Waals surface area (Å²) in [5, 5.41) is 9.65. The summed E-state index contributed by atoms with van der Waals surface area (Å²) in [6, 6.07) is 0. The van der Waals surface area contributed by atoms with Crippen LogP contribution >= 0.6 is 22.6 Å². The third-order valence-corrected chi connectivity index (χ3v) is 4.05. The molecule has 0 aromatic heterocycles. The molecule has 80 valence electrons. The zero-order valence-corrected chi connectivity index (χ0v) is 9.56. The van der Waals surface area contributed by atoms with Gasteiger partial charge in [0.15, 0.2) is 0 Å². The summed E-state index contributed by atoms with van der Waals surface area (Å²) < 4.78 is 2.10. The predicted octanol–water partition coefficient (Wildman–Crippen LogP) is 0.148. The van der Waals surface area contributed by atoms with Crippen molar-refractivity contribution in [2.75, 3.05) is 26.2 Å². The molecule has 0 spiro atoms. The molecule has 0 bridgehead atoms. The second kappa shape index (κ2) is 3.92. The molecule has 2 fully saturated rings. The van der Waals surface area contributed by atoms with Crippen LogP contribution in [0.5, 0.6) is 0 Å². The first-order valence-electron chi connectivity index (χ1n) is 4.74. The Bertz CT molecular complexity index is 237. The third-order valence-electron chi connectivity index (χ3n) is 2.76. The Kier molecular flexibility index (Phi) is 2.97. The van der Waals surface area contributed by atoms with Crippen molar-refractivity contribution in [2.24, 2.45) is 0 Å². The van der Waals surface area contributed by atoms with Gasteiger partial charge in [-0.15, -0.1) is 0 Å². The van der Waals surface area contributed by atoms with Crippen LogP contribution in [0.1, 0.15) is 12.8 Å². The Morgan fingerprint density at radius 3 is 2.29 bits per heavy atom. The zero-order valence-electron chi connectivity index (χ0n) is 7.85. The molecule has 0 atom stereocenters. The van der Waals surface area contributed by atoms with E-state index < -0.39 is 5.60 Å². The van der Waals surface area contributed by atoms with Crippen LogP contribution in [0.15, 0.2) is 0 Å². The number of carbonyl (C=O) groups is 1. The number of thiol groups is 1. The summed E-state index contributed by atoms with van der Waals surface area (Å²) in [5.41, 5.74) is -1.00. The normalized spacial score (nSPS) is 26.3. The molecule has 2 rings (SSSR count). The van der Waals surface area contributed by atoms with E-state index in [1.807, 2.05) is 0 Å². The fourth-order valence-corrected chi connectivity index (χ4v) is 2.42. The summed E-state index contributed by atoms with van der Waals surface area (Å²) in [4.78, 5) is 13.5. The van der Waals surface area contributed by atoms with Gasteiger partial charge >= 0.3 is 0 Å². The van der Waals surface area contributed by atoms with Gasteiger partial charge in [-0.2, -0.15) is 0 Å². The van der Waals surface area contributed by atoms with Crippen LogP contribution in [0, 0.1) is 0 Å². The molecule has 1 heterocycles. The average molecular weight is 234 g/mol. The maximum absolute atomic E-state index is 11.7. The molecule has 2 aliphatic rings. The second-order valence-corrected chi connectivity index (χ2v) is 5.00. The second-order valence-electron chi connectivity index (χ2n) is 3.83. The smallest absolute Gasteiger partial charge is 0.254 e. The highest BCUT2D eigenvalue weighted by molar-refractivity contribution is 8.67. The van der Waals surface area contributed by atoms with Crippen molar-refractivity contribution in [3.63, 3.8) is 0 Å². The van der Waals surface area contributed by atoms with Crippen LogP contribution in [-0.4, -0.2) is 52.0 Å². The summed E-state index contributed by atoms with van der Waals surface area (Å²) >= 11 is 4.10. The minimum absolute atomic E-state index is 0.0821. The van der Waals surface area contributed by atoms with Gasteiger partial charge in [-0.05, 0) is 23.8 Å². The minimum atomic E-state index is -1.00. The summed E-state index contributed by atoms with van der Waals surface area (Å²) in [7, 11) is 1.41. The van der Waals surface area contributed by atoms with Crippen molar-refractivity contribution in [1.29, 1.82) is 0 Å². The van der Waals surface area contributed by atoms with Crippen LogP contribution < -0.4 is 0 Å². The van der Waals surface area contributed by atoms with Crippen molar-refractivity contribution in [2.45, 2.75) is 18.4 Å². The van der Waals surface area contributed by atoms with E-state index in [1.54, 1.807) is 4.90 Å². The molecule has 1 aliphatic carbocycles. The number of amides is 1. The van der Waals surface area contributed by atoms with Gasteiger partial charge < -0.3 is 10.0 Å². The molecule has 1 saturated heterocycles. The average Bonchev–Trinajstić information content (AvgIpc) is 2.97. The molecule has 0 aromatic carbocycles. The van der Waals surface area contributed by atoms with E-state index in [4.69, 9.17) is 0 Å². The quantitative estimate of drug-likeness (QED) is 0.405. The van der Waals surface area contributed by atoms with Crippen LogP contribution in [0.3, 0.4) is 0 Å². The van der Waals surface area contributed by atoms with Gasteiger partial charge in [-0.3, -0.25) is 4.79 Å². The van der Waals surface area contributed by atoms with E-state index in [-0.39, 0.29) is 5.91 Å². The van der Waals surface area contributed by atoms with Crippen molar-refractivity contribution >= 4 is 28.5 Å². The molecule has 1 N–H and O–H groups in total. The van der Waals surface area contributed by atoms with E-state index in [1.165, 1.54) is 11.0 Å². The van der Waals surface area contributed by atoms with Crippen LogP contribution in [0.25, 0.3) is 0 Å². The maximum Gasteiger partial charge on any atom is 0.254 e. The SMILES string of the molecule is O=C(N1CCN(SS)CC1)C1(O)CC1. The lowest BCUT2D eigenvalue weighted by Crippen LogP contribution is -2.50. The molecule has 0 unspecified atom stereocenters. The highest BCUT2D eigenvalue weighted by Crippen LogP contribution is 2.37. The Morgan fingerprint density at radius 1 is 1.29 bits per heavy atom. The van der Waals surface area contributed by atoms with Gasteiger partial charge in [0, 0.05) is 26.2 Å². The highest BCUT2D eigenvalue weighted by atomic mass is 33.1. The molecule has 6 heteroatoms. The van der Waals surface area contributed by atoms with Crippen molar-refractivity contribution in [3.05, 3.63) is 0 Å². The number of aliphatic hydroxyl groups is 1. The van der Waals surface area contributed by atoms with Crippen molar-refractivity contribution in [1.82, 2.24) is 9.21 Å². The first kappa shape index (κ1) is 10.6. The molecule has 1 saturated carbocycles. The third kappa shape index (κ3) is 2.03. The van der Waals surface area contributed by atoms with Crippen molar-refractivity contribution in [3.8, 4) is 0 Å². The minimum Gasteiger partial charge on any atom is -0.380 e. The number of hydrogen-bond acceptors (Lipinski definition) is 5. The van der Waals surface area contributed by atoms with Crippen molar-refractivity contribution < 1.29 is 9.90 Å². The number of rotatable bonds is 2. The van der Waals surface area contributed by atoms with Crippen LogP contribution in [-0.2, 0) is 4.79 Å². The van der Waals surface area contributed by atoms with E-state index in [9.17, 15) is 9.90 Å². The van der Waals surface area contributed by atoms with E-state index >= 15 is 0 Å². The first-order valence-corrected chi connectivity index (χ1v) is 6.56. The monoisotopic (exact) mass is 234 g/mol. The lowest BCUT2D eigenvalue weighted by molar-refractivity contribution is -0.143. The Hall–Kier alpha value is 0.0900. The van der Waals surface area contributed by atoms with Gasteiger partial charge in [0.25, 0.3) is 5.91 Å². The molecule has 1 amide bonds. The molecule has 0 radical (unpaired) electrons. The van der Waals surface area contributed by atoms with E-state index in [2.05, 4.69) is 16.0 Å². The van der Waals surface area contributed by atoms with Gasteiger partial charge in [-0.25, -0.2) is 4.31 Å². The molecule has 14 heavy (non-hydrogen) atoms. The highest BCUT2D eigenvalue weighted by Gasteiger charge is 2.50. The zero-order chi connectivity index (χ0) is 10.2. The summed E-state index contributed by atoms with van der Waals surface area (Å²) in [6.07, 6.45) is 1.26. The number of nitrogens with zero attached hydrogens (tertiary/aromatic N) is 2. The lowest BCUT2D eigenvalue weighted by atomic mass is 10.2. The fourth-order valence-electron chi connectivity index (χ4n) is 1.60. The predicted molar refractivity (Wildman–Crippen MR) is 58.9 cm³/mol. The summed E-state index contributed by atoms with van der Waals surface area (Å²) in [5.74, 6) is -0.0821. The number of piperazine rings is 1. The number of hydrogen-bond donors (Lipinski definition) is 2. The molecular formula is C8H14N2O2S2. The van der Waals surface area contributed by atoms with Crippen LogP contribution in [0.2, 0.25) is 0 Å². The Balaban J connectivity index is 1.86. The topological polar surface area (TPSA) is 43.8 Å². The fraction of sp³-hybridized carbons (Fsp3) is 0.875. The number of carbonyl (C=O) groups excluding carboxylic acids is 1. The van der Waals surface area contributed by atoms with Gasteiger partial charge in [0.2, 0.25) is 0 Å². The Morgan fingerprint density at radius 2 is 1.86 bits per heavy atom. The molecule has 4 nitrogen and oxygen atoms in total. The Labute approximate surface area is 92.6 Å².